The molecular weight excluding hydrogens is 268 g/mol. The summed E-state index contributed by atoms with van der Waals surface area (Å²) in [5.74, 6) is 0.609. The Bertz CT molecular complexity index is 451. The molecule has 1 aromatic rings. The van der Waals surface area contributed by atoms with Crippen molar-refractivity contribution >= 4 is 17.3 Å². The van der Waals surface area contributed by atoms with Crippen LogP contribution in [0.1, 0.15) is 54.1 Å². The Morgan fingerprint density at radius 3 is 2.85 bits per heavy atom. The smallest absolute Gasteiger partial charge is 0.188 e. The summed E-state index contributed by atoms with van der Waals surface area (Å²) in [6.07, 6.45) is 11.0. The van der Waals surface area contributed by atoms with E-state index in [9.17, 15) is 0 Å². The number of aryl methyl sites for hydroxylation is 2. The van der Waals surface area contributed by atoms with Gasteiger partial charge in [-0.1, -0.05) is 12.8 Å². The molecule has 2 aliphatic carbocycles. The largest absolute Gasteiger partial charge is 0.370 e. The van der Waals surface area contributed by atoms with Crippen LogP contribution in [-0.2, 0) is 19.3 Å². The molecule has 3 N–H and O–H groups in total. The summed E-state index contributed by atoms with van der Waals surface area (Å²) in [6, 6.07) is 0.547. The molecule has 0 radical (unpaired) electrons. The molecule has 20 heavy (non-hydrogen) atoms. The second kappa shape index (κ2) is 6.57. The van der Waals surface area contributed by atoms with Gasteiger partial charge in [-0.2, -0.15) is 0 Å². The van der Waals surface area contributed by atoms with Gasteiger partial charge in [-0.3, -0.25) is 4.99 Å². The molecule has 0 unspecified atom stereocenters. The van der Waals surface area contributed by atoms with Crippen molar-refractivity contribution in [1.82, 2.24) is 10.3 Å². The highest BCUT2D eigenvalue weighted by Gasteiger charge is 2.16. The number of thiazole rings is 1. The molecular formula is C15H24N4S. The minimum atomic E-state index is 0.547. The predicted octanol–water partition coefficient (Wildman–Crippen LogP) is 2.41. The van der Waals surface area contributed by atoms with Gasteiger partial charge in [0, 0.05) is 23.9 Å². The van der Waals surface area contributed by atoms with Crippen molar-refractivity contribution in [2.24, 2.45) is 10.7 Å². The number of aliphatic imine (C=N–C) groups is 1. The number of fused-ring (bicyclic) bond motifs is 1. The molecule has 1 saturated carbocycles. The highest BCUT2D eigenvalue weighted by molar-refractivity contribution is 7.11. The summed E-state index contributed by atoms with van der Waals surface area (Å²) in [5.41, 5.74) is 7.28. The fourth-order valence-electron chi connectivity index (χ4n) is 3.11. The Kier molecular flexibility index (Phi) is 4.55. The second-order valence-electron chi connectivity index (χ2n) is 5.83. The van der Waals surface area contributed by atoms with Crippen molar-refractivity contribution in [2.75, 3.05) is 6.54 Å². The van der Waals surface area contributed by atoms with Crippen LogP contribution in [0.25, 0.3) is 0 Å². The van der Waals surface area contributed by atoms with Crippen LogP contribution in [-0.4, -0.2) is 23.5 Å². The Hall–Kier alpha value is -1.10. The maximum Gasteiger partial charge on any atom is 0.188 e. The van der Waals surface area contributed by atoms with Gasteiger partial charge in [-0.15, -0.1) is 11.3 Å². The highest BCUT2D eigenvalue weighted by atomic mass is 32.1. The second-order valence-corrected chi connectivity index (χ2v) is 7.00. The van der Waals surface area contributed by atoms with Crippen LogP contribution in [0.4, 0.5) is 0 Å². The summed E-state index contributed by atoms with van der Waals surface area (Å²) in [7, 11) is 0. The topological polar surface area (TPSA) is 63.3 Å². The Morgan fingerprint density at radius 2 is 2.05 bits per heavy atom. The van der Waals surface area contributed by atoms with Gasteiger partial charge in [0.05, 0.1) is 10.7 Å². The number of hydrogen-bond acceptors (Lipinski definition) is 3. The predicted molar refractivity (Wildman–Crippen MR) is 84.3 cm³/mol. The van der Waals surface area contributed by atoms with Crippen LogP contribution < -0.4 is 11.1 Å². The molecule has 2 aliphatic rings. The van der Waals surface area contributed by atoms with Crippen molar-refractivity contribution in [3.8, 4) is 0 Å². The van der Waals surface area contributed by atoms with E-state index in [1.165, 1.54) is 66.9 Å². The minimum absolute atomic E-state index is 0.547. The van der Waals surface area contributed by atoms with Crippen LogP contribution in [0.2, 0.25) is 0 Å². The van der Waals surface area contributed by atoms with E-state index in [2.05, 4.69) is 10.3 Å². The average molecular weight is 292 g/mol. The van der Waals surface area contributed by atoms with Gasteiger partial charge in [0.1, 0.15) is 0 Å². The first-order valence-electron chi connectivity index (χ1n) is 7.85. The van der Waals surface area contributed by atoms with Crippen molar-refractivity contribution in [3.05, 3.63) is 15.6 Å². The van der Waals surface area contributed by atoms with E-state index in [0.717, 1.165) is 13.0 Å². The summed E-state index contributed by atoms with van der Waals surface area (Å²) in [6.45, 7) is 0.748. The Morgan fingerprint density at radius 1 is 1.25 bits per heavy atom. The first-order chi connectivity index (χ1) is 9.81. The highest BCUT2D eigenvalue weighted by Crippen LogP contribution is 2.26. The zero-order chi connectivity index (χ0) is 13.8. The molecule has 3 rings (SSSR count). The summed E-state index contributed by atoms with van der Waals surface area (Å²) in [4.78, 5) is 10.7. The maximum absolute atomic E-state index is 5.94. The lowest BCUT2D eigenvalue weighted by molar-refractivity contribution is 0.625. The van der Waals surface area contributed by atoms with Gasteiger partial charge in [-0.25, -0.2) is 4.98 Å². The van der Waals surface area contributed by atoms with Crippen molar-refractivity contribution in [2.45, 2.75) is 63.8 Å². The fourth-order valence-corrected chi connectivity index (χ4v) is 4.25. The zero-order valence-corrected chi connectivity index (χ0v) is 12.8. The lowest BCUT2D eigenvalue weighted by Gasteiger charge is -2.11. The van der Waals surface area contributed by atoms with Gasteiger partial charge in [0.2, 0.25) is 0 Å². The van der Waals surface area contributed by atoms with E-state index in [-0.39, 0.29) is 0 Å². The molecule has 1 aromatic heterocycles. The third-order valence-electron chi connectivity index (χ3n) is 4.20. The monoisotopic (exact) mass is 292 g/mol. The van der Waals surface area contributed by atoms with Crippen molar-refractivity contribution < 1.29 is 0 Å². The molecule has 0 atom stereocenters. The number of guanidine groups is 1. The molecule has 5 heteroatoms. The van der Waals surface area contributed by atoms with Crippen LogP contribution in [0.5, 0.6) is 0 Å². The fraction of sp³-hybridized carbons (Fsp3) is 0.733. The van der Waals surface area contributed by atoms with E-state index >= 15 is 0 Å². The SMILES string of the molecule is NC(=NCCc1nc2c(s1)CCCC2)NC1CCCC1. The zero-order valence-electron chi connectivity index (χ0n) is 12.0. The van der Waals surface area contributed by atoms with Crippen LogP contribution in [0, 0.1) is 0 Å². The van der Waals surface area contributed by atoms with E-state index in [4.69, 9.17) is 10.7 Å². The quantitative estimate of drug-likeness (QED) is 0.661. The number of nitrogens with one attached hydrogen (secondary N) is 1. The van der Waals surface area contributed by atoms with E-state index in [1.807, 2.05) is 11.3 Å². The molecule has 0 saturated heterocycles. The van der Waals surface area contributed by atoms with E-state index in [0.29, 0.717) is 12.0 Å². The van der Waals surface area contributed by atoms with Crippen molar-refractivity contribution in [1.29, 1.82) is 0 Å². The third-order valence-corrected chi connectivity index (χ3v) is 5.42. The number of nitrogens with zero attached hydrogens (tertiary/aromatic N) is 2. The van der Waals surface area contributed by atoms with Crippen LogP contribution in [0.15, 0.2) is 4.99 Å². The number of aromatic nitrogens is 1. The molecule has 0 aromatic carbocycles. The molecule has 4 nitrogen and oxygen atoms in total. The van der Waals surface area contributed by atoms with Gasteiger partial charge in [0.15, 0.2) is 5.96 Å². The molecule has 0 bridgehead atoms. The molecule has 1 heterocycles. The van der Waals surface area contributed by atoms with Crippen LogP contribution >= 0.6 is 11.3 Å². The van der Waals surface area contributed by atoms with Crippen LogP contribution in [0.3, 0.4) is 0 Å². The van der Waals surface area contributed by atoms with Crippen molar-refractivity contribution in [3.63, 3.8) is 0 Å². The Balaban J connectivity index is 1.47. The molecule has 110 valence electrons. The summed E-state index contributed by atoms with van der Waals surface area (Å²) >= 11 is 1.88. The molecule has 0 spiro atoms. The molecule has 0 aliphatic heterocycles. The third kappa shape index (κ3) is 3.51. The van der Waals surface area contributed by atoms with Gasteiger partial charge in [-0.05, 0) is 38.5 Å². The maximum atomic E-state index is 5.94. The van der Waals surface area contributed by atoms with Gasteiger partial charge in [0.25, 0.3) is 0 Å². The summed E-state index contributed by atoms with van der Waals surface area (Å²) < 4.78 is 0. The Labute approximate surface area is 124 Å². The number of hydrogen-bond donors (Lipinski definition) is 2. The standard InChI is InChI=1S/C15H24N4S/c16-15(18-11-5-1-2-6-11)17-10-9-14-19-12-7-3-4-8-13(12)20-14/h11H,1-10H2,(H3,16,17,18). The summed E-state index contributed by atoms with van der Waals surface area (Å²) in [5, 5.41) is 4.56. The normalized spacial score (nSPS) is 20.1. The first kappa shape index (κ1) is 13.9. The first-order valence-corrected chi connectivity index (χ1v) is 8.67. The number of rotatable bonds is 4. The lowest BCUT2D eigenvalue weighted by Crippen LogP contribution is -2.38. The molecule has 1 fully saturated rings. The number of nitrogens with two attached hydrogens (primary N) is 1. The van der Waals surface area contributed by atoms with Gasteiger partial charge < -0.3 is 11.1 Å². The minimum Gasteiger partial charge on any atom is -0.370 e. The van der Waals surface area contributed by atoms with Gasteiger partial charge >= 0.3 is 0 Å². The van der Waals surface area contributed by atoms with E-state index in [1.54, 1.807) is 0 Å². The molecule has 0 amide bonds. The average Bonchev–Trinajstić information content (AvgIpc) is 3.07. The lowest BCUT2D eigenvalue weighted by atomic mass is 10.0. The van der Waals surface area contributed by atoms with E-state index < -0.39 is 0 Å².